The predicted molar refractivity (Wildman–Crippen MR) is 152 cm³/mol. The molecule has 4 rings (SSSR count). The minimum Gasteiger partial charge on any atom is -0.0622 e. The van der Waals surface area contributed by atoms with Gasteiger partial charge in [-0.1, -0.05) is 114 Å². The Morgan fingerprint density at radius 1 is 0.629 bits per heavy atom. The molecule has 0 radical (unpaired) electrons. The van der Waals surface area contributed by atoms with Crippen LogP contribution in [0.2, 0.25) is 0 Å². The van der Waals surface area contributed by atoms with Crippen molar-refractivity contribution in [2.45, 2.75) is 75.2 Å². The van der Waals surface area contributed by atoms with Gasteiger partial charge in [0.2, 0.25) is 0 Å². The maximum atomic E-state index is 3.36. The summed E-state index contributed by atoms with van der Waals surface area (Å²) in [5.74, 6) is 1.12. The van der Waals surface area contributed by atoms with Crippen molar-refractivity contribution in [1.82, 2.24) is 0 Å². The van der Waals surface area contributed by atoms with Crippen LogP contribution < -0.4 is 0 Å². The Kier molecular flexibility index (Phi) is 14.7. The van der Waals surface area contributed by atoms with E-state index in [4.69, 9.17) is 0 Å². The molecule has 0 bridgehead atoms. The molecular weight excluding hydrogens is 456 g/mol. The van der Waals surface area contributed by atoms with Crippen LogP contribution in [-0.4, -0.2) is 4.31 Å². The fraction of sp³-hybridized carbons (Fsp3) is 0.382. The van der Waals surface area contributed by atoms with Crippen LogP contribution in [-0.2, 0) is 32.8 Å². The van der Waals surface area contributed by atoms with E-state index in [1.54, 1.807) is 0 Å². The summed E-state index contributed by atoms with van der Waals surface area (Å²) in [6.45, 7) is 19.3. The van der Waals surface area contributed by atoms with Crippen molar-refractivity contribution >= 4 is 4.31 Å². The number of allylic oxidation sites excluding steroid dienone is 8. The van der Waals surface area contributed by atoms with E-state index in [0.717, 1.165) is 12.8 Å². The molecule has 0 fully saturated rings. The Labute approximate surface area is 227 Å². The molecule has 1 heteroatoms. The van der Waals surface area contributed by atoms with Gasteiger partial charge in [-0.2, -0.15) is 22.3 Å². The van der Waals surface area contributed by atoms with Gasteiger partial charge >= 0.3 is 31.2 Å². The van der Waals surface area contributed by atoms with E-state index in [0.29, 0.717) is 11.8 Å². The summed E-state index contributed by atoms with van der Waals surface area (Å²) < 4.78 is 2.00. The zero-order chi connectivity index (χ0) is 26.4. The molecule has 2 unspecified atom stereocenters. The second-order valence-corrected chi connectivity index (χ2v) is 10.3. The van der Waals surface area contributed by atoms with Gasteiger partial charge in [-0.05, 0) is 24.0 Å². The number of benzene rings is 2. The molecule has 2 aliphatic carbocycles. The molecule has 2 atom stereocenters. The summed E-state index contributed by atoms with van der Waals surface area (Å²) in [4.78, 5) is 0. The topological polar surface area (TPSA) is 0 Å². The average Bonchev–Trinajstić information content (AvgIpc) is 3.22. The largest absolute Gasteiger partial charge is 0.0622 e. The standard InChI is InChI=1S/C14H14.2C9H13.C2H4.Ti/c1-3-7-13(8-4-1)11-12-14-9-5-2-6-10-14;2*1-6-5-7(2)9(4)8(6)3;1-2;/h1-10H,11-12H2;2*6H,1-4H3;1H,2H3;/q;2*-1;;+2. The first-order chi connectivity index (χ1) is 16.6. The molecule has 2 aromatic carbocycles. The van der Waals surface area contributed by atoms with Gasteiger partial charge in [-0.15, -0.1) is 13.8 Å². The third-order valence-electron chi connectivity index (χ3n) is 6.86. The Hall–Kier alpha value is -2.02. The maximum Gasteiger partial charge on any atom is -0.0238 e. The van der Waals surface area contributed by atoms with Gasteiger partial charge in [0, 0.05) is 0 Å². The maximum absolute atomic E-state index is 3.36. The van der Waals surface area contributed by atoms with Crippen LogP contribution in [0.5, 0.6) is 0 Å². The molecule has 2 aromatic rings. The van der Waals surface area contributed by atoms with Gasteiger partial charge in [0.1, 0.15) is 0 Å². The van der Waals surface area contributed by atoms with Crippen molar-refractivity contribution in [3.8, 4) is 0 Å². The van der Waals surface area contributed by atoms with Crippen LogP contribution in [0.1, 0.15) is 73.4 Å². The van der Waals surface area contributed by atoms with Crippen LogP contribution >= 0.6 is 0 Å². The Morgan fingerprint density at radius 3 is 1.09 bits per heavy atom. The Morgan fingerprint density at radius 2 is 0.914 bits per heavy atom. The first-order valence-corrected chi connectivity index (χ1v) is 13.6. The van der Waals surface area contributed by atoms with E-state index < -0.39 is 0 Å². The van der Waals surface area contributed by atoms with E-state index in [9.17, 15) is 0 Å². The second-order valence-electron chi connectivity index (χ2n) is 9.36. The molecule has 184 valence electrons. The summed E-state index contributed by atoms with van der Waals surface area (Å²) in [5.41, 5.74) is 11.3. The van der Waals surface area contributed by atoms with Crippen molar-refractivity contribution in [2.75, 3.05) is 0 Å². The summed E-state index contributed by atoms with van der Waals surface area (Å²) in [6.07, 6.45) is 8.98. The van der Waals surface area contributed by atoms with Crippen molar-refractivity contribution in [3.05, 3.63) is 117 Å². The normalized spacial score (nSPS) is 18.4. The van der Waals surface area contributed by atoms with E-state index in [-0.39, 0.29) is 0 Å². The Bertz CT molecular complexity index is 949. The van der Waals surface area contributed by atoms with Crippen molar-refractivity contribution in [2.24, 2.45) is 11.8 Å². The third kappa shape index (κ3) is 11.1. The molecule has 0 amide bonds. The van der Waals surface area contributed by atoms with E-state index >= 15 is 0 Å². The molecule has 0 saturated heterocycles. The number of rotatable bonds is 3. The molecule has 0 N–H and O–H groups in total. The minimum atomic E-state index is 0.560. The van der Waals surface area contributed by atoms with Crippen LogP contribution in [0.4, 0.5) is 0 Å². The van der Waals surface area contributed by atoms with Crippen LogP contribution in [0.15, 0.2) is 94.1 Å². The van der Waals surface area contributed by atoms with Gasteiger partial charge in [-0.25, -0.2) is 11.1 Å². The van der Waals surface area contributed by atoms with Crippen LogP contribution in [0.3, 0.4) is 0 Å². The number of aryl methyl sites for hydroxylation is 2. The fourth-order valence-corrected chi connectivity index (χ4v) is 3.90. The molecule has 0 saturated carbocycles. The molecular formula is C34H44Ti. The van der Waals surface area contributed by atoms with E-state index in [1.807, 2.05) is 31.2 Å². The first-order valence-electron chi connectivity index (χ1n) is 12.7. The predicted octanol–water partition coefficient (Wildman–Crippen LogP) is 9.27. The number of hydrogen-bond donors (Lipinski definition) is 0. The van der Waals surface area contributed by atoms with Gasteiger partial charge in [0.05, 0.1) is 0 Å². The van der Waals surface area contributed by atoms with Gasteiger partial charge < -0.3 is 0 Å². The fourth-order valence-electron chi connectivity index (χ4n) is 3.90. The third-order valence-corrected chi connectivity index (χ3v) is 6.86. The van der Waals surface area contributed by atoms with Crippen LogP contribution in [0.25, 0.3) is 0 Å². The monoisotopic (exact) mass is 500 g/mol. The zero-order valence-corrected chi connectivity index (χ0v) is 25.0. The SMILES string of the molecule is CC1=[C-]C(C)C(C)=C1C.CC1=[C-]C(C)C(C)=C1C.C[CH]=[Ti+2].c1ccc(CCc2ccccc2)cc1. The summed E-state index contributed by atoms with van der Waals surface area (Å²) >= 11 is 2.00. The Balaban J connectivity index is 0.000000257. The molecule has 0 aromatic heterocycles. The minimum absolute atomic E-state index is 0.560. The van der Waals surface area contributed by atoms with Gasteiger partial charge in [0.15, 0.2) is 0 Å². The number of hydrogen-bond acceptors (Lipinski definition) is 0. The van der Waals surface area contributed by atoms with Gasteiger partial charge in [-0.3, -0.25) is 12.2 Å². The zero-order valence-electron chi connectivity index (χ0n) is 23.4. The van der Waals surface area contributed by atoms with Crippen molar-refractivity contribution in [1.29, 1.82) is 0 Å². The van der Waals surface area contributed by atoms with Crippen LogP contribution in [0, 0.1) is 24.0 Å². The summed E-state index contributed by atoms with van der Waals surface area (Å²) in [5, 5.41) is 0. The molecule has 0 heterocycles. The average molecular weight is 501 g/mol. The molecule has 0 aliphatic heterocycles. The van der Waals surface area contributed by atoms with Crippen molar-refractivity contribution in [3.63, 3.8) is 0 Å². The summed E-state index contributed by atoms with van der Waals surface area (Å²) in [7, 11) is 0. The van der Waals surface area contributed by atoms with Gasteiger partial charge in [0.25, 0.3) is 0 Å². The molecule has 0 spiro atoms. The molecule has 0 nitrogen and oxygen atoms in total. The first kappa shape index (κ1) is 31.0. The molecule has 2 aliphatic rings. The summed E-state index contributed by atoms with van der Waals surface area (Å²) in [6, 6.07) is 21.2. The molecule has 35 heavy (non-hydrogen) atoms. The van der Waals surface area contributed by atoms with Crippen molar-refractivity contribution < 1.29 is 20.0 Å². The smallest absolute Gasteiger partial charge is 0.0238 e. The van der Waals surface area contributed by atoms with E-state index in [2.05, 4.69) is 128 Å². The second kappa shape index (κ2) is 16.6. The van der Waals surface area contributed by atoms with E-state index in [1.165, 1.54) is 44.6 Å². The quantitative estimate of drug-likeness (QED) is 0.291.